The number of carbonyl (C=O) groups excluding carboxylic acids is 1. The van der Waals surface area contributed by atoms with Crippen molar-refractivity contribution in [2.75, 3.05) is 0 Å². The molecule has 0 spiro atoms. The third kappa shape index (κ3) is 3.74. The van der Waals surface area contributed by atoms with E-state index in [4.69, 9.17) is 4.74 Å². The Bertz CT molecular complexity index is 325. The summed E-state index contributed by atoms with van der Waals surface area (Å²) in [6, 6.07) is 0. The molecule has 0 heterocycles. The van der Waals surface area contributed by atoms with Gasteiger partial charge in [-0.05, 0) is 44.4 Å². The topological polar surface area (TPSA) is 63.6 Å². The van der Waals surface area contributed by atoms with Crippen LogP contribution in [-0.2, 0) is 14.3 Å². The molecule has 0 radical (unpaired) electrons. The molecule has 1 rings (SSSR count). The highest BCUT2D eigenvalue weighted by molar-refractivity contribution is 5.99. The molecule has 0 aromatic carbocycles. The van der Waals surface area contributed by atoms with Gasteiger partial charge in [0.05, 0.1) is 0 Å². The molecule has 4 nitrogen and oxygen atoms in total. The van der Waals surface area contributed by atoms with Crippen LogP contribution < -0.4 is 0 Å². The van der Waals surface area contributed by atoms with Crippen LogP contribution in [0.4, 0.5) is 0 Å². The summed E-state index contributed by atoms with van der Waals surface area (Å²) in [5, 5.41) is 9.33. The molecule has 1 aliphatic carbocycles. The molecular formula is C16H28O4. The van der Waals surface area contributed by atoms with Crippen molar-refractivity contribution in [1.82, 2.24) is 0 Å². The molecule has 1 N–H and O–H groups in total. The van der Waals surface area contributed by atoms with E-state index in [0.717, 1.165) is 31.6 Å². The SMILES string of the molecule is CCCC1CCC(OC(=O)C(CC)(CC)C(=O)O)CC1. The van der Waals surface area contributed by atoms with E-state index >= 15 is 0 Å². The number of ether oxygens (including phenoxy) is 1. The molecule has 0 bridgehead atoms. The summed E-state index contributed by atoms with van der Waals surface area (Å²) in [6.45, 7) is 5.66. The Morgan fingerprint density at radius 2 is 1.65 bits per heavy atom. The Morgan fingerprint density at radius 3 is 2.05 bits per heavy atom. The molecule has 0 amide bonds. The maximum Gasteiger partial charge on any atom is 0.323 e. The number of carbonyl (C=O) groups is 2. The van der Waals surface area contributed by atoms with E-state index < -0.39 is 17.4 Å². The fourth-order valence-corrected chi connectivity index (χ4v) is 3.14. The number of hydrogen-bond acceptors (Lipinski definition) is 3. The van der Waals surface area contributed by atoms with Crippen LogP contribution in [0.1, 0.15) is 72.1 Å². The zero-order valence-corrected chi connectivity index (χ0v) is 13.0. The Kier molecular flexibility index (Phi) is 6.50. The fraction of sp³-hybridized carbons (Fsp3) is 0.875. The number of carboxylic acid groups (broad SMARTS) is 1. The van der Waals surface area contributed by atoms with E-state index in [1.807, 2.05) is 0 Å². The smallest absolute Gasteiger partial charge is 0.323 e. The molecule has 20 heavy (non-hydrogen) atoms. The van der Waals surface area contributed by atoms with Gasteiger partial charge in [-0.3, -0.25) is 9.59 Å². The first-order valence-corrected chi connectivity index (χ1v) is 7.94. The van der Waals surface area contributed by atoms with Crippen molar-refractivity contribution in [2.24, 2.45) is 11.3 Å². The molecule has 0 unspecified atom stereocenters. The molecule has 0 aromatic rings. The summed E-state index contributed by atoms with van der Waals surface area (Å²) >= 11 is 0. The van der Waals surface area contributed by atoms with Crippen LogP contribution in [0.3, 0.4) is 0 Å². The average Bonchev–Trinajstić information content (AvgIpc) is 2.43. The third-order valence-corrected chi connectivity index (χ3v) is 4.77. The standard InChI is InChI=1S/C16H28O4/c1-4-7-12-8-10-13(11-9-12)20-15(19)16(5-2,6-3)14(17)18/h12-13H,4-11H2,1-3H3,(H,17,18). The second-order valence-electron chi connectivity index (χ2n) is 5.93. The number of hydrogen-bond donors (Lipinski definition) is 1. The minimum Gasteiger partial charge on any atom is -0.480 e. The van der Waals surface area contributed by atoms with Crippen LogP contribution in [0.5, 0.6) is 0 Å². The molecule has 0 aliphatic heterocycles. The van der Waals surface area contributed by atoms with Crippen molar-refractivity contribution < 1.29 is 19.4 Å². The number of carboxylic acids is 1. The van der Waals surface area contributed by atoms with Gasteiger partial charge < -0.3 is 9.84 Å². The van der Waals surface area contributed by atoms with Crippen LogP contribution >= 0.6 is 0 Å². The van der Waals surface area contributed by atoms with E-state index in [2.05, 4.69) is 6.92 Å². The van der Waals surface area contributed by atoms with Gasteiger partial charge in [0, 0.05) is 0 Å². The number of esters is 1. The predicted molar refractivity (Wildman–Crippen MR) is 77.4 cm³/mol. The molecule has 1 saturated carbocycles. The monoisotopic (exact) mass is 284 g/mol. The Balaban J connectivity index is 2.56. The van der Waals surface area contributed by atoms with Crippen molar-refractivity contribution in [3.8, 4) is 0 Å². The Labute approximate surface area is 121 Å². The summed E-state index contributed by atoms with van der Waals surface area (Å²) in [7, 11) is 0. The van der Waals surface area contributed by atoms with Gasteiger partial charge in [-0.2, -0.15) is 0 Å². The van der Waals surface area contributed by atoms with E-state index in [9.17, 15) is 14.7 Å². The van der Waals surface area contributed by atoms with Gasteiger partial charge in [-0.1, -0.05) is 33.6 Å². The van der Waals surface area contributed by atoms with E-state index in [-0.39, 0.29) is 18.9 Å². The van der Waals surface area contributed by atoms with Gasteiger partial charge in [0.15, 0.2) is 5.41 Å². The highest BCUT2D eigenvalue weighted by Gasteiger charge is 2.45. The molecule has 1 aliphatic rings. The first kappa shape index (κ1) is 17.0. The summed E-state index contributed by atoms with van der Waals surface area (Å²) in [6.07, 6.45) is 6.83. The van der Waals surface area contributed by atoms with Crippen LogP contribution in [0.2, 0.25) is 0 Å². The highest BCUT2D eigenvalue weighted by atomic mass is 16.5. The summed E-state index contributed by atoms with van der Waals surface area (Å²) in [5.41, 5.74) is -1.36. The van der Waals surface area contributed by atoms with Crippen LogP contribution in [-0.4, -0.2) is 23.1 Å². The van der Waals surface area contributed by atoms with Gasteiger partial charge in [-0.15, -0.1) is 0 Å². The molecule has 4 heteroatoms. The van der Waals surface area contributed by atoms with Crippen LogP contribution in [0.25, 0.3) is 0 Å². The molecule has 0 atom stereocenters. The van der Waals surface area contributed by atoms with Gasteiger partial charge in [0.1, 0.15) is 6.10 Å². The van der Waals surface area contributed by atoms with Gasteiger partial charge in [0.2, 0.25) is 0 Å². The molecule has 0 saturated heterocycles. The Hall–Kier alpha value is -1.06. The van der Waals surface area contributed by atoms with Crippen LogP contribution in [0, 0.1) is 11.3 Å². The normalized spacial score (nSPS) is 23.4. The van der Waals surface area contributed by atoms with Gasteiger partial charge in [0.25, 0.3) is 0 Å². The van der Waals surface area contributed by atoms with E-state index in [0.29, 0.717) is 0 Å². The molecule has 116 valence electrons. The average molecular weight is 284 g/mol. The Morgan fingerprint density at radius 1 is 1.10 bits per heavy atom. The second-order valence-corrected chi connectivity index (χ2v) is 5.93. The zero-order valence-electron chi connectivity index (χ0n) is 13.0. The van der Waals surface area contributed by atoms with Gasteiger partial charge >= 0.3 is 11.9 Å². The van der Waals surface area contributed by atoms with Crippen molar-refractivity contribution in [2.45, 2.75) is 78.2 Å². The van der Waals surface area contributed by atoms with Crippen molar-refractivity contribution >= 4 is 11.9 Å². The van der Waals surface area contributed by atoms with Crippen molar-refractivity contribution in [1.29, 1.82) is 0 Å². The predicted octanol–water partition coefficient (Wildman–Crippen LogP) is 3.78. The summed E-state index contributed by atoms with van der Waals surface area (Å²) < 4.78 is 5.51. The third-order valence-electron chi connectivity index (χ3n) is 4.77. The minimum atomic E-state index is -1.36. The lowest BCUT2D eigenvalue weighted by molar-refractivity contribution is -0.174. The maximum atomic E-state index is 12.2. The number of aliphatic carboxylic acids is 1. The lowest BCUT2D eigenvalue weighted by Crippen LogP contribution is -2.41. The maximum absolute atomic E-state index is 12.2. The van der Waals surface area contributed by atoms with Crippen molar-refractivity contribution in [3.63, 3.8) is 0 Å². The van der Waals surface area contributed by atoms with Crippen molar-refractivity contribution in [3.05, 3.63) is 0 Å². The van der Waals surface area contributed by atoms with E-state index in [1.165, 1.54) is 12.8 Å². The highest BCUT2D eigenvalue weighted by Crippen LogP contribution is 2.33. The fourth-order valence-electron chi connectivity index (χ4n) is 3.14. The van der Waals surface area contributed by atoms with Crippen LogP contribution in [0.15, 0.2) is 0 Å². The minimum absolute atomic E-state index is 0.0903. The van der Waals surface area contributed by atoms with Gasteiger partial charge in [-0.25, -0.2) is 0 Å². The largest absolute Gasteiger partial charge is 0.480 e. The summed E-state index contributed by atoms with van der Waals surface area (Å²) in [4.78, 5) is 23.6. The molecular weight excluding hydrogens is 256 g/mol. The first-order chi connectivity index (χ1) is 9.50. The zero-order chi connectivity index (χ0) is 15.2. The number of rotatable bonds is 7. The first-order valence-electron chi connectivity index (χ1n) is 7.94. The lowest BCUT2D eigenvalue weighted by atomic mass is 9.81. The summed E-state index contributed by atoms with van der Waals surface area (Å²) in [5.74, 6) is -0.863. The molecule has 1 fully saturated rings. The second kappa shape index (κ2) is 7.65. The lowest BCUT2D eigenvalue weighted by Gasteiger charge is -2.31. The van der Waals surface area contributed by atoms with E-state index in [1.54, 1.807) is 13.8 Å². The quantitative estimate of drug-likeness (QED) is 0.571. The molecule has 0 aromatic heterocycles.